The zero-order valence-corrected chi connectivity index (χ0v) is 23.6. The third-order valence-electron chi connectivity index (χ3n) is 7.26. The van der Waals surface area contributed by atoms with Gasteiger partial charge in [0.05, 0.1) is 5.75 Å². The number of amides is 1. The zero-order chi connectivity index (χ0) is 25.9. The van der Waals surface area contributed by atoms with Gasteiger partial charge in [-0.15, -0.1) is 0 Å². The van der Waals surface area contributed by atoms with Crippen molar-refractivity contribution in [2.75, 3.05) is 37.8 Å². The number of hydrogen-bond donors (Lipinski definition) is 2. The number of piperidine rings is 1. The number of rotatable bonds is 20. The molecule has 206 valence electrons. The molecular weight excluding hydrogens is 470 g/mol. The van der Waals surface area contributed by atoms with E-state index >= 15 is 0 Å². The largest absolute Gasteiger partial charge is 0.385 e. The van der Waals surface area contributed by atoms with E-state index in [1.165, 1.54) is 84.1 Å². The van der Waals surface area contributed by atoms with E-state index in [1.54, 1.807) is 0 Å². The number of nitrogens with one attached hydrogen (secondary N) is 2. The SMILES string of the molecule is CNS(=O)(=O)CCCCCCCCCCCCCCCCNc1ccc(C(=O)N2CCCCC2)cc1. The molecule has 2 rings (SSSR count). The molecule has 0 aromatic heterocycles. The predicted molar refractivity (Wildman–Crippen MR) is 152 cm³/mol. The molecule has 2 N–H and O–H groups in total. The summed E-state index contributed by atoms with van der Waals surface area (Å²) in [5, 5.41) is 3.49. The summed E-state index contributed by atoms with van der Waals surface area (Å²) in [7, 11) is -1.54. The summed E-state index contributed by atoms with van der Waals surface area (Å²) in [6, 6.07) is 7.99. The normalized spacial score (nSPS) is 14.2. The molecule has 1 aliphatic rings. The Balaban J connectivity index is 1.35. The van der Waals surface area contributed by atoms with E-state index in [4.69, 9.17) is 0 Å². The number of nitrogens with zero attached hydrogens (tertiary/aromatic N) is 1. The highest BCUT2D eigenvalue weighted by molar-refractivity contribution is 7.89. The minimum Gasteiger partial charge on any atom is -0.385 e. The summed E-state index contributed by atoms with van der Waals surface area (Å²) in [5.41, 5.74) is 1.91. The van der Waals surface area contributed by atoms with E-state index in [0.29, 0.717) is 0 Å². The molecule has 0 bridgehead atoms. The molecule has 1 aliphatic heterocycles. The van der Waals surface area contributed by atoms with E-state index in [1.807, 2.05) is 29.2 Å². The number of hydrogen-bond acceptors (Lipinski definition) is 4. The van der Waals surface area contributed by atoms with Crippen LogP contribution in [0.4, 0.5) is 5.69 Å². The number of carbonyl (C=O) groups is 1. The number of sulfonamides is 1. The minimum absolute atomic E-state index is 0.175. The molecule has 6 nitrogen and oxygen atoms in total. The van der Waals surface area contributed by atoms with E-state index in [-0.39, 0.29) is 11.7 Å². The molecule has 0 spiro atoms. The molecule has 1 saturated heterocycles. The fourth-order valence-corrected chi connectivity index (χ4v) is 5.67. The Hall–Kier alpha value is -1.60. The van der Waals surface area contributed by atoms with Crippen molar-refractivity contribution in [3.63, 3.8) is 0 Å². The van der Waals surface area contributed by atoms with Gasteiger partial charge in [0.25, 0.3) is 5.91 Å². The van der Waals surface area contributed by atoms with Gasteiger partial charge < -0.3 is 10.2 Å². The maximum atomic E-state index is 12.6. The fraction of sp³-hybridized carbons (Fsp3) is 0.759. The Morgan fingerprint density at radius 1 is 0.722 bits per heavy atom. The van der Waals surface area contributed by atoms with Crippen LogP contribution >= 0.6 is 0 Å². The number of carbonyl (C=O) groups excluding carboxylic acids is 1. The van der Waals surface area contributed by atoms with Crippen LogP contribution in [0.15, 0.2) is 24.3 Å². The van der Waals surface area contributed by atoms with Gasteiger partial charge >= 0.3 is 0 Å². The van der Waals surface area contributed by atoms with Gasteiger partial charge in [0.15, 0.2) is 0 Å². The smallest absolute Gasteiger partial charge is 0.253 e. The standard InChI is InChI=1S/C29H51N3O3S/c1-30-36(34,35)26-18-13-11-9-7-5-3-2-4-6-8-10-12-15-23-31-28-21-19-27(20-22-28)29(33)32-24-16-14-17-25-32/h19-22,30-31H,2-18,23-26H2,1H3. The van der Waals surface area contributed by atoms with Crippen LogP contribution in [0, 0.1) is 0 Å². The van der Waals surface area contributed by atoms with Crippen molar-refractivity contribution in [3.05, 3.63) is 29.8 Å². The molecule has 0 aliphatic carbocycles. The summed E-state index contributed by atoms with van der Waals surface area (Å²) in [4.78, 5) is 14.5. The lowest BCUT2D eigenvalue weighted by Crippen LogP contribution is -2.35. The van der Waals surface area contributed by atoms with Gasteiger partial charge in [-0.1, -0.05) is 77.0 Å². The monoisotopic (exact) mass is 521 g/mol. The number of unbranched alkanes of at least 4 members (excludes halogenated alkanes) is 13. The maximum absolute atomic E-state index is 12.6. The Bertz CT molecular complexity index is 806. The number of likely N-dealkylation sites (tertiary alicyclic amines) is 1. The summed E-state index contributed by atoms with van der Waals surface area (Å²) in [5.74, 6) is 0.435. The molecular formula is C29H51N3O3S. The highest BCUT2D eigenvalue weighted by Gasteiger charge is 2.17. The first-order valence-corrected chi connectivity index (χ1v) is 16.2. The lowest BCUT2D eigenvalue weighted by molar-refractivity contribution is 0.0724. The van der Waals surface area contributed by atoms with E-state index < -0.39 is 10.0 Å². The molecule has 7 heteroatoms. The minimum atomic E-state index is -3.02. The molecule has 1 aromatic rings. The molecule has 1 fully saturated rings. The third kappa shape index (κ3) is 13.6. The van der Waals surface area contributed by atoms with Crippen LogP contribution in [0.5, 0.6) is 0 Å². The zero-order valence-electron chi connectivity index (χ0n) is 22.7. The highest BCUT2D eigenvalue weighted by atomic mass is 32.2. The lowest BCUT2D eigenvalue weighted by Gasteiger charge is -2.26. The molecule has 36 heavy (non-hydrogen) atoms. The van der Waals surface area contributed by atoms with Crippen molar-refractivity contribution in [2.24, 2.45) is 0 Å². The van der Waals surface area contributed by atoms with Crippen LogP contribution in [0.1, 0.15) is 120 Å². The third-order valence-corrected chi connectivity index (χ3v) is 8.70. The summed E-state index contributed by atoms with van der Waals surface area (Å²) in [6.45, 7) is 2.79. The second-order valence-corrected chi connectivity index (χ2v) is 12.4. The van der Waals surface area contributed by atoms with Crippen molar-refractivity contribution in [2.45, 2.75) is 109 Å². The summed E-state index contributed by atoms with van der Waals surface area (Å²) >= 11 is 0. The molecule has 1 heterocycles. The van der Waals surface area contributed by atoms with Crippen LogP contribution < -0.4 is 10.0 Å². The van der Waals surface area contributed by atoms with Crippen molar-refractivity contribution in [3.8, 4) is 0 Å². The van der Waals surface area contributed by atoms with E-state index in [0.717, 1.165) is 63.0 Å². The van der Waals surface area contributed by atoms with Crippen LogP contribution in [-0.2, 0) is 10.0 Å². The first-order chi connectivity index (χ1) is 17.5. The van der Waals surface area contributed by atoms with Gasteiger partial charge in [-0.25, -0.2) is 13.1 Å². The van der Waals surface area contributed by atoms with Crippen LogP contribution in [0.25, 0.3) is 0 Å². The highest BCUT2D eigenvalue weighted by Crippen LogP contribution is 2.16. The molecule has 0 atom stereocenters. The van der Waals surface area contributed by atoms with E-state index in [9.17, 15) is 13.2 Å². The number of anilines is 1. The Labute approximate surface area is 221 Å². The predicted octanol–water partition coefficient (Wildman–Crippen LogP) is 6.74. The van der Waals surface area contributed by atoms with Gasteiger partial charge in [-0.3, -0.25) is 4.79 Å². The van der Waals surface area contributed by atoms with Crippen LogP contribution in [0.2, 0.25) is 0 Å². The second kappa shape index (κ2) is 18.6. The van der Waals surface area contributed by atoms with Crippen molar-refractivity contribution in [1.82, 2.24) is 9.62 Å². The molecule has 0 unspecified atom stereocenters. The van der Waals surface area contributed by atoms with Gasteiger partial charge in [-0.2, -0.15) is 0 Å². The molecule has 0 saturated carbocycles. The van der Waals surface area contributed by atoms with Crippen molar-refractivity contribution >= 4 is 21.6 Å². The van der Waals surface area contributed by atoms with Crippen LogP contribution in [-0.4, -0.2) is 51.7 Å². The van der Waals surface area contributed by atoms with E-state index in [2.05, 4.69) is 10.0 Å². The average molecular weight is 522 g/mol. The van der Waals surface area contributed by atoms with Gasteiger partial charge in [0, 0.05) is 30.9 Å². The number of benzene rings is 1. The topological polar surface area (TPSA) is 78.5 Å². The van der Waals surface area contributed by atoms with Crippen LogP contribution in [0.3, 0.4) is 0 Å². The maximum Gasteiger partial charge on any atom is 0.253 e. The van der Waals surface area contributed by atoms with Crippen molar-refractivity contribution in [1.29, 1.82) is 0 Å². The molecule has 1 aromatic carbocycles. The summed E-state index contributed by atoms with van der Waals surface area (Å²) in [6.07, 6.45) is 20.7. The Morgan fingerprint density at radius 2 is 1.19 bits per heavy atom. The Kier molecular flexibility index (Phi) is 15.8. The van der Waals surface area contributed by atoms with Gasteiger partial charge in [-0.05, 0) is 63.4 Å². The quantitative estimate of drug-likeness (QED) is 0.186. The van der Waals surface area contributed by atoms with Gasteiger partial charge in [0.2, 0.25) is 10.0 Å². The fourth-order valence-electron chi connectivity index (χ4n) is 4.88. The second-order valence-electron chi connectivity index (χ2n) is 10.3. The first kappa shape index (κ1) is 30.6. The molecule has 0 radical (unpaired) electrons. The first-order valence-electron chi connectivity index (χ1n) is 14.6. The Morgan fingerprint density at radius 3 is 1.69 bits per heavy atom. The van der Waals surface area contributed by atoms with Crippen molar-refractivity contribution < 1.29 is 13.2 Å². The molecule has 1 amide bonds. The average Bonchev–Trinajstić information content (AvgIpc) is 2.91. The summed E-state index contributed by atoms with van der Waals surface area (Å²) < 4.78 is 25.1. The van der Waals surface area contributed by atoms with Gasteiger partial charge in [0.1, 0.15) is 0 Å². The lowest BCUT2D eigenvalue weighted by atomic mass is 10.0.